The van der Waals surface area contributed by atoms with Crippen molar-refractivity contribution in [2.45, 2.75) is 12.2 Å². The molecule has 1 rings (SSSR count). The second-order valence-corrected chi connectivity index (χ2v) is 2.79. The van der Waals surface area contributed by atoms with E-state index in [9.17, 15) is 5.11 Å². The van der Waals surface area contributed by atoms with Crippen molar-refractivity contribution in [1.29, 1.82) is 5.26 Å². The summed E-state index contributed by atoms with van der Waals surface area (Å²) in [6.45, 7) is 0. The monoisotopic (exact) mass is 187 g/mol. The largest absolute Gasteiger partial charge is 0.385 e. The molecule has 0 aliphatic carbocycles. The summed E-state index contributed by atoms with van der Waals surface area (Å²) < 4.78 is 0. The molecule has 3 heteroatoms. The first-order chi connectivity index (χ1) is 6.69. The lowest BCUT2D eigenvalue weighted by molar-refractivity contribution is 0.0528. The third-order valence-electron chi connectivity index (χ3n) is 1.85. The standard InChI is InChI=1S/C11H9NO2/c1-2-8-3-5-9(6-4-8)11(14)10(13)7-12/h1,3-6,10-11,13-14H. The summed E-state index contributed by atoms with van der Waals surface area (Å²) in [5.41, 5.74) is 1.16. The SMILES string of the molecule is C#Cc1ccc(C(O)C(O)C#N)cc1. The van der Waals surface area contributed by atoms with E-state index >= 15 is 0 Å². The molecule has 3 nitrogen and oxygen atoms in total. The van der Waals surface area contributed by atoms with Crippen molar-refractivity contribution >= 4 is 0 Å². The Labute approximate surface area is 82.2 Å². The first kappa shape index (κ1) is 10.3. The number of aliphatic hydroxyl groups excluding tert-OH is 2. The lowest BCUT2D eigenvalue weighted by atomic mass is 10.0. The Balaban J connectivity index is 2.89. The molecule has 0 heterocycles. The van der Waals surface area contributed by atoms with Gasteiger partial charge in [-0.1, -0.05) is 18.1 Å². The van der Waals surface area contributed by atoms with Crippen molar-refractivity contribution in [2.24, 2.45) is 0 Å². The number of hydrogen-bond acceptors (Lipinski definition) is 3. The molecular formula is C11H9NO2. The van der Waals surface area contributed by atoms with Crippen molar-refractivity contribution in [3.8, 4) is 18.4 Å². The van der Waals surface area contributed by atoms with Crippen molar-refractivity contribution in [3.05, 3.63) is 35.4 Å². The minimum atomic E-state index is -1.41. The minimum absolute atomic E-state index is 0.470. The summed E-state index contributed by atoms with van der Waals surface area (Å²) in [4.78, 5) is 0. The molecule has 14 heavy (non-hydrogen) atoms. The van der Waals surface area contributed by atoms with Crippen LogP contribution in [0.15, 0.2) is 24.3 Å². The van der Waals surface area contributed by atoms with Gasteiger partial charge in [0.1, 0.15) is 6.10 Å². The summed E-state index contributed by atoms with van der Waals surface area (Å²) >= 11 is 0. The van der Waals surface area contributed by atoms with Crippen LogP contribution in [0.25, 0.3) is 0 Å². The number of aliphatic hydroxyl groups is 2. The molecule has 70 valence electrons. The van der Waals surface area contributed by atoms with Crippen LogP contribution in [0.5, 0.6) is 0 Å². The van der Waals surface area contributed by atoms with Crippen LogP contribution in [0.3, 0.4) is 0 Å². The highest BCUT2D eigenvalue weighted by Crippen LogP contribution is 2.16. The van der Waals surface area contributed by atoms with Crippen LogP contribution >= 0.6 is 0 Å². The Morgan fingerprint density at radius 1 is 1.21 bits per heavy atom. The lowest BCUT2D eigenvalue weighted by Crippen LogP contribution is -2.15. The van der Waals surface area contributed by atoms with E-state index in [1.165, 1.54) is 0 Å². The van der Waals surface area contributed by atoms with E-state index in [-0.39, 0.29) is 0 Å². The van der Waals surface area contributed by atoms with Crippen LogP contribution < -0.4 is 0 Å². The molecule has 0 radical (unpaired) electrons. The Morgan fingerprint density at radius 2 is 1.79 bits per heavy atom. The van der Waals surface area contributed by atoms with Gasteiger partial charge in [0.25, 0.3) is 0 Å². The predicted molar refractivity (Wildman–Crippen MR) is 51.0 cm³/mol. The third-order valence-corrected chi connectivity index (χ3v) is 1.85. The molecule has 0 saturated carbocycles. The molecule has 0 aromatic heterocycles. The van der Waals surface area contributed by atoms with Crippen LogP contribution in [0.4, 0.5) is 0 Å². The zero-order chi connectivity index (χ0) is 10.6. The molecule has 0 aliphatic heterocycles. The molecule has 1 aromatic carbocycles. The molecule has 2 atom stereocenters. The average molecular weight is 187 g/mol. The average Bonchev–Trinajstić information content (AvgIpc) is 2.27. The maximum absolute atomic E-state index is 9.43. The van der Waals surface area contributed by atoms with E-state index in [4.69, 9.17) is 16.8 Å². The van der Waals surface area contributed by atoms with Crippen LogP contribution in [-0.2, 0) is 0 Å². The van der Waals surface area contributed by atoms with E-state index in [0.717, 1.165) is 0 Å². The molecule has 0 spiro atoms. The topological polar surface area (TPSA) is 64.2 Å². The number of benzene rings is 1. The molecule has 0 aliphatic rings. The number of nitriles is 1. The Morgan fingerprint density at radius 3 is 2.21 bits per heavy atom. The van der Waals surface area contributed by atoms with E-state index < -0.39 is 12.2 Å². The number of nitrogens with zero attached hydrogens (tertiary/aromatic N) is 1. The number of rotatable bonds is 2. The second kappa shape index (κ2) is 4.43. The number of hydrogen-bond donors (Lipinski definition) is 2. The Kier molecular flexibility index (Phi) is 3.25. The van der Waals surface area contributed by atoms with Crippen LogP contribution in [-0.4, -0.2) is 16.3 Å². The van der Waals surface area contributed by atoms with Gasteiger partial charge in [-0.25, -0.2) is 0 Å². The molecule has 0 amide bonds. The van der Waals surface area contributed by atoms with Crippen molar-refractivity contribution < 1.29 is 10.2 Å². The summed E-state index contributed by atoms with van der Waals surface area (Å²) in [6, 6.07) is 8.01. The highest BCUT2D eigenvalue weighted by atomic mass is 16.3. The first-order valence-electron chi connectivity index (χ1n) is 4.01. The van der Waals surface area contributed by atoms with Gasteiger partial charge in [-0.05, 0) is 17.7 Å². The van der Waals surface area contributed by atoms with Gasteiger partial charge in [-0.15, -0.1) is 6.42 Å². The number of terminal acetylenes is 1. The van der Waals surface area contributed by atoms with Gasteiger partial charge in [0.2, 0.25) is 0 Å². The lowest BCUT2D eigenvalue weighted by Gasteiger charge is -2.11. The molecule has 0 bridgehead atoms. The van der Waals surface area contributed by atoms with Crippen LogP contribution in [0.1, 0.15) is 17.2 Å². The fourth-order valence-corrected chi connectivity index (χ4v) is 1.03. The van der Waals surface area contributed by atoms with Gasteiger partial charge in [0.15, 0.2) is 6.10 Å². The van der Waals surface area contributed by atoms with Gasteiger partial charge in [-0.2, -0.15) is 5.26 Å². The fourth-order valence-electron chi connectivity index (χ4n) is 1.03. The van der Waals surface area contributed by atoms with Crippen molar-refractivity contribution in [2.75, 3.05) is 0 Å². The smallest absolute Gasteiger partial charge is 0.170 e. The molecule has 0 fully saturated rings. The fraction of sp³-hybridized carbons (Fsp3) is 0.182. The highest BCUT2D eigenvalue weighted by Gasteiger charge is 2.16. The zero-order valence-corrected chi connectivity index (χ0v) is 7.38. The quantitative estimate of drug-likeness (QED) is 0.526. The maximum Gasteiger partial charge on any atom is 0.170 e. The summed E-state index contributed by atoms with van der Waals surface area (Å²) in [6.07, 6.45) is 2.55. The van der Waals surface area contributed by atoms with Crippen molar-refractivity contribution in [1.82, 2.24) is 0 Å². The van der Waals surface area contributed by atoms with E-state index in [1.54, 1.807) is 30.3 Å². The minimum Gasteiger partial charge on any atom is -0.385 e. The van der Waals surface area contributed by atoms with Gasteiger partial charge in [0.05, 0.1) is 6.07 Å². The molecule has 2 unspecified atom stereocenters. The molecular weight excluding hydrogens is 178 g/mol. The Bertz CT molecular complexity index is 383. The summed E-state index contributed by atoms with van der Waals surface area (Å²) in [5.74, 6) is 2.43. The molecule has 1 aromatic rings. The van der Waals surface area contributed by atoms with Gasteiger partial charge in [-0.3, -0.25) is 0 Å². The Hall–Kier alpha value is -1.81. The van der Waals surface area contributed by atoms with E-state index in [0.29, 0.717) is 11.1 Å². The normalized spacial score (nSPS) is 13.7. The zero-order valence-electron chi connectivity index (χ0n) is 7.38. The van der Waals surface area contributed by atoms with Crippen LogP contribution in [0.2, 0.25) is 0 Å². The van der Waals surface area contributed by atoms with Gasteiger partial charge in [0, 0.05) is 5.56 Å². The van der Waals surface area contributed by atoms with E-state index in [1.807, 2.05) is 0 Å². The molecule has 2 N–H and O–H groups in total. The van der Waals surface area contributed by atoms with Gasteiger partial charge < -0.3 is 10.2 Å². The summed E-state index contributed by atoms with van der Waals surface area (Å²) in [7, 11) is 0. The van der Waals surface area contributed by atoms with Gasteiger partial charge >= 0.3 is 0 Å². The van der Waals surface area contributed by atoms with Crippen molar-refractivity contribution in [3.63, 3.8) is 0 Å². The maximum atomic E-state index is 9.43. The molecule has 0 saturated heterocycles. The van der Waals surface area contributed by atoms with Crippen LogP contribution in [0, 0.1) is 23.7 Å². The highest BCUT2D eigenvalue weighted by molar-refractivity contribution is 5.35. The third kappa shape index (κ3) is 2.11. The predicted octanol–water partition coefficient (Wildman–Crippen LogP) is 0.586. The first-order valence-corrected chi connectivity index (χ1v) is 4.01. The summed E-state index contributed by atoms with van der Waals surface area (Å²) in [5, 5.41) is 26.9. The van der Waals surface area contributed by atoms with E-state index in [2.05, 4.69) is 5.92 Å². The second-order valence-electron chi connectivity index (χ2n) is 2.79.